The molecule has 2 atom stereocenters. The molecule has 0 aliphatic carbocycles. The lowest BCUT2D eigenvalue weighted by Crippen LogP contribution is -2.42. The molecule has 1 aliphatic rings. The van der Waals surface area contributed by atoms with E-state index in [2.05, 4.69) is 29.8 Å². The molecule has 0 saturated carbocycles. The molecule has 2 amide bonds. The molecule has 0 bridgehead atoms. The van der Waals surface area contributed by atoms with E-state index in [4.69, 9.17) is 0 Å². The SMILES string of the molecule is CCC(C)CCCCCCCCCCCCNCCCNC(=O)C1CCC(=O)N1. The van der Waals surface area contributed by atoms with Gasteiger partial charge < -0.3 is 16.0 Å². The Balaban J connectivity index is 1.72. The normalized spacial score (nSPS) is 17.3. The predicted octanol–water partition coefficient (Wildman–Crippen LogP) is 4.70. The second kappa shape index (κ2) is 17.7. The van der Waals surface area contributed by atoms with Gasteiger partial charge in [-0.05, 0) is 38.3 Å². The Kier molecular flexibility index (Phi) is 15.9. The maximum absolute atomic E-state index is 11.8. The fourth-order valence-electron chi connectivity index (χ4n) is 3.85. The van der Waals surface area contributed by atoms with Gasteiger partial charge in [-0.2, -0.15) is 0 Å². The van der Waals surface area contributed by atoms with E-state index in [1.807, 2.05) is 0 Å². The van der Waals surface area contributed by atoms with E-state index in [0.717, 1.165) is 25.4 Å². The Morgan fingerprint density at radius 1 is 0.931 bits per heavy atom. The van der Waals surface area contributed by atoms with E-state index < -0.39 is 0 Å². The summed E-state index contributed by atoms with van der Waals surface area (Å²) in [6, 6.07) is -0.315. The number of nitrogens with one attached hydrogen (secondary N) is 3. The lowest BCUT2D eigenvalue weighted by atomic mass is 9.99. The third-order valence-electron chi connectivity index (χ3n) is 6.14. The first-order valence-corrected chi connectivity index (χ1v) is 12.4. The van der Waals surface area contributed by atoms with Gasteiger partial charge in [0.25, 0.3) is 0 Å². The highest BCUT2D eigenvalue weighted by atomic mass is 16.2. The van der Waals surface area contributed by atoms with Gasteiger partial charge in [0.1, 0.15) is 6.04 Å². The molecule has 1 saturated heterocycles. The molecule has 1 rings (SSSR count). The molecule has 1 aliphatic heterocycles. The Hall–Kier alpha value is -1.10. The zero-order valence-corrected chi connectivity index (χ0v) is 19.2. The molecule has 5 heteroatoms. The molecule has 0 radical (unpaired) electrons. The number of carbonyl (C=O) groups excluding carboxylic acids is 2. The summed E-state index contributed by atoms with van der Waals surface area (Å²) in [6.45, 7) is 7.35. The molecule has 0 aromatic heterocycles. The monoisotopic (exact) mass is 409 g/mol. The first-order valence-electron chi connectivity index (χ1n) is 12.4. The summed E-state index contributed by atoms with van der Waals surface area (Å²) in [5.41, 5.74) is 0. The van der Waals surface area contributed by atoms with Crippen molar-refractivity contribution in [2.45, 2.75) is 116 Å². The molecule has 2 unspecified atom stereocenters. The molecule has 5 nitrogen and oxygen atoms in total. The number of hydrogen-bond donors (Lipinski definition) is 3. The highest BCUT2D eigenvalue weighted by Crippen LogP contribution is 2.15. The predicted molar refractivity (Wildman–Crippen MR) is 122 cm³/mol. The van der Waals surface area contributed by atoms with E-state index in [0.29, 0.717) is 19.4 Å². The van der Waals surface area contributed by atoms with Crippen molar-refractivity contribution < 1.29 is 9.59 Å². The zero-order valence-electron chi connectivity index (χ0n) is 19.2. The summed E-state index contributed by atoms with van der Waals surface area (Å²) in [6.07, 6.45) is 18.6. The third-order valence-corrected chi connectivity index (χ3v) is 6.14. The number of rotatable bonds is 19. The second-order valence-electron chi connectivity index (χ2n) is 8.89. The first-order chi connectivity index (χ1) is 14.1. The zero-order chi connectivity index (χ0) is 21.2. The van der Waals surface area contributed by atoms with Gasteiger partial charge in [-0.25, -0.2) is 0 Å². The maximum Gasteiger partial charge on any atom is 0.242 e. The Bertz CT molecular complexity index is 428. The minimum Gasteiger partial charge on any atom is -0.354 e. The molecule has 1 fully saturated rings. The van der Waals surface area contributed by atoms with Crippen molar-refractivity contribution >= 4 is 11.8 Å². The molecular formula is C24H47N3O2. The van der Waals surface area contributed by atoms with Gasteiger partial charge >= 0.3 is 0 Å². The smallest absolute Gasteiger partial charge is 0.242 e. The van der Waals surface area contributed by atoms with Crippen molar-refractivity contribution in [3.63, 3.8) is 0 Å². The van der Waals surface area contributed by atoms with Crippen molar-refractivity contribution in [1.29, 1.82) is 0 Å². The van der Waals surface area contributed by atoms with Crippen LogP contribution in [0.25, 0.3) is 0 Å². The third kappa shape index (κ3) is 14.5. The molecule has 1 heterocycles. The quantitative estimate of drug-likeness (QED) is 0.271. The lowest BCUT2D eigenvalue weighted by Gasteiger charge is -2.11. The van der Waals surface area contributed by atoms with Crippen LogP contribution >= 0.6 is 0 Å². The van der Waals surface area contributed by atoms with Crippen LogP contribution in [0.5, 0.6) is 0 Å². The summed E-state index contributed by atoms with van der Waals surface area (Å²) in [5.74, 6) is 0.860. The highest BCUT2D eigenvalue weighted by Gasteiger charge is 2.26. The molecular weight excluding hydrogens is 362 g/mol. The van der Waals surface area contributed by atoms with Gasteiger partial charge in [-0.3, -0.25) is 9.59 Å². The number of carbonyl (C=O) groups is 2. The van der Waals surface area contributed by atoms with Crippen LogP contribution in [0.15, 0.2) is 0 Å². The molecule has 170 valence electrons. The molecule has 29 heavy (non-hydrogen) atoms. The van der Waals surface area contributed by atoms with E-state index >= 15 is 0 Å². The topological polar surface area (TPSA) is 70.2 Å². The summed E-state index contributed by atoms with van der Waals surface area (Å²) < 4.78 is 0. The van der Waals surface area contributed by atoms with Gasteiger partial charge in [-0.1, -0.05) is 84.5 Å². The Morgan fingerprint density at radius 2 is 1.52 bits per heavy atom. The van der Waals surface area contributed by atoms with Crippen molar-refractivity contribution in [1.82, 2.24) is 16.0 Å². The minimum absolute atomic E-state index is 0.0145. The fraction of sp³-hybridized carbons (Fsp3) is 0.917. The molecule has 0 aromatic carbocycles. The summed E-state index contributed by atoms with van der Waals surface area (Å²) in [4.78, 5) is 22.9. The van der Waals surface area contributed by atoms with Crippen LogP contribution in [0.4, 0.5) is 0 Å². The van der Waals surface area contributed by atoms with Crippen LogP contribution in [-0.2, 0) is 9.59 Å². The number of hydrogen-bond acceptors (Lipinski definition) is 3. The van der Waals surface area contributed by atoms with E-state index in [1.54, 1.807) is 0 Å². The van der Waals surface area contributed by atoms with Crippen LogP contribution in [-0.4, -0.2) is 37.5 Å². The molecule has 3 N–H and O–H groups in total. The molecule has 0 aromatic rings. The van der Waals surface area contributed by atoms with Crippen molar-refractivity contribution in [2.24, 2.45) is 5.92 Å². The highest BCUT2D eigenvalue weighted by molar-refractivity contribution is 5.90. The number of amides is 2. The Labute approximate surface area is 179 Å². The fourth-order valence-corrected chi connectivity index (χ4v) is 3.85. The maximum atomic E-state index is 11.8. The Morgan fingerprint density at radius 3 is 2.10 bits per heavy atom. The van der Waals surface area contributed by atoms with Crippen molar-refractivity contribution in [3.05, 3.63) is 0 Å². The summed E-state index contributed by atoms with van der Waals surface area (Å²) >= 11 is 0. The van der Waals surface area contributed by atoms with Gasteiger partial charge in [0.05, 0.1) is 0 Å². The van der Waals surface area contributed by atoms with Crippen LogP contribution in [0, 0.1) is 5.92 Å². The standard InChI is InChI=1S/C24H47N3O2/c1-3-21(2)15-12-10-8-6-4-5-7-9-11-13-18-25-19-14-20-26-24(29)22-16-17-23(28)27-22/h21-22,25H,3-20H2,1-2H3,(H,26,29)(H,27,28). The van der Waals surface area contributed by atoms with Gasteiger partial charge in [0.15, 0.2) is 0 Å². The number of unbranched alkanes of at least 4 members (excludes halogenated alkanes) is 9. The van der Waals surface area contributed by atoms with E-state index in [1.165, 1.54) is 77.0 Å². The van der Waals surface area contributed by atoms with Crippen LogP contribution in [0.1, 0.15) is 110 Å². The van der Waals surface area contributed by atoms with Gasteiger partial charge in [-0.15, -0.1) is 0 Å². The average molecular weight is 410 g/mol. The minimum atomic E-state index is -0.315. The summed E-state index contributed by atoms with van der Waals surface area (Å²) in [5, 5.41) is 9.06. The van der Waals surface area contributed by atoms with Gasteiger partial charge in [0, 0.05) is 13.0 Å². The second-order valence-corrected chi connectivity index (χ2v) is 8.89. The largest absolute Gasteiger partial charge is 0.354 e. The van der Waals surface area contributed by atoms with Crippen LogP contribution in [0.2, 0.25) is 0 Å². The van der Waals surface area contributed by atoms with Crippen LogP contribution < -0.4 is 16.0 Å². The van der Waals surface area contributed by atoms with E-state index in [9.17, 15) is 9.59 Å². The van der Waals surface area contributed by atoms with Crippen LogP contribution in [0.3, 0.4) is 0 Å². The van der Waals surface area contributed by atoms with Crippen molar-refractivity contribution in [3.8, 4) is 0 Å². The average Bonchev–Trinajstić information content (AvgIpc) is 3.16. The molecule has 0 spiro atoms. The summed E-state index contributed by atoms with van der Waals surface area (Å²) in [7, 11) is 0. The van der Waals surface area contributed by atoms with E-state index in [-0.39, 0.29) is 17.9 Å². The lowest BCUT2D eigenvalue weighted by molar-refractivity contribution is -0.125. The van der Waals surface area contributed by atoms with Gasteiger partial charge in [0.2, 0.25) is 11.8 Å². The first kappa shape index (κ1) is 25.9. The van der Waals surface area contributed by atoms with Crippen molar-refractivity contribution in [2.75, 3.05) is 19.6 Å².